The van der Waals surface area contributed by atoms with Gasteiger partial charge in [-0.15, -0.1) is 11.3 Å². The van der Waals surface area contributed by atoms with E-state index in [0.29, 0.717) is 0 Å². The summed E-state index contributed by atoms with van der Waals surface area (Å²) in [5.41, 5.74) is 2.02. The summed E-state index contributed by atoms with van der Waals surface area (Å²) in [6, 6.07) is 14.5. The van der Waals surface area contributed by atoms with E-state index in [0.717, 1.165) is 10.9 Å². The van der Waals surface area contributed by atoms with Crippen molar-refractivity contribution in [2.24, 2.45) is 0 Å². The number of nitriles is 1. The van der Waals surface area contributed by atoms with Crippen molar-refractivity contribution < 1.29 is 0 Å². The van der Waals surface area contributed by atoms with E-state index in [9.17, 15) is 0 Å². The van der Waals surface area contributed by atoms with E-state index in [4.69, 9.17) is 5.26 Å². The largest absolute Gasteiger partial charge is 0.192 e. The van der Waals surface area contributed by atoms with E-state index in [1.54, 1.807) is 11.3 Å². The number of thiophene rings is 1. The molecule has 0 unspecified atom stereocenters. The van der Waals surface area contributed by atoms with Crippen molar-refractivity contribution in [1.82, 2.24) is 0 Å². The molecule has 0 spiro atoms. The van der Waals surface area contributed by atoms with Crippen molar-refractivity contribution in [3.63, 3.8) is 0 Å². The van der Waals surface area contributed by atoms with Crippen LogP contribution in [0.5, 0.6) is 0 Å². The molecule has 2 heteroatoms. The van der Waals surface area contributed by atoms with E-state index >= 15 is 0 Å². The van der Waals surface area contributed by atoms with Gasteiger partial charge in [0.1, 0.15) is 0 Å². The minimum atomic E-state index is 0.776. The molecule has 2 aromatic carbocycles. The van der Waals surface area contributed by atoms with E-state index in [1.807, 2.05) is 12.1 Å². The van der Waals surface area contributed by atoms with Crippen LogP contribution in [0.1, 0.15) is 11.1 Å². The van der Waals surface area contributed by atoms with Crippen LogP contribution in [0.2, 0.25) is 0 Å². The zero-order chi connectivity index (χ0) is 11.1. The smallest absolute Gasteiger partial charge is 0.0998 e. The Bertz CT molecular complexity index is 731. The summed E-state index contributed by atoms with van der Waals surface area (Å²) in [5.74, 6) is 0. The van der Waals surface area contributed by atoms with Crippen LogP contribution < -0.4 is 0 Å². The van der Waals surface area contributed by atoms with Crippen LogP contribution in [0.15, 0.2) is 36.4 Å². The molecular formula is C14H9NS. The Kier molecular flexibility index (Phi) is 1.95. The highest BCUT2D eigenvalue weighted by Crippen LogP contribution is 2.37. The fraction of sp³-hybridized carbons (Fsp3) is 0.0714. The van der Waals surface area contributed by atoms with Crippen LogP contribution in [0.4, 0.5) is 0 Å². The second kappa shape index (κ2) is 3.33. The van der Waals surface area contributed by atoms with E-state index < -0.39 is 0 Å². The molecule has 0 fully saturated rings. The monoisotopic (exact) mass is 223 g/mol. The summed E-state index contributed by atoms with van der Waals surface area (Å²) in [6.45, 7) is 2.10. The molecule has 76 valence electrons. The molecule has 0 atom stereocenters. The fourth-order valence-electron chi connectivity index (χ4n) is 2.13. The lowest BCUT2D eigenvalue weighted by atomic mass is 10.0. The zero-order valence-corrected chi connectivity index (χ0v) is 9.64. The van der Waals surface area contributed by atoms with Crippen LogP contribution in [0.3, 0.4) is 0 Å². The van der Waals surface area contributed by atoms with E-state index in [-0.39, 0.29) is 0 Å². The molecule has 0 N–H and O–H groups in total. The third kappa shape index (κ3) is 1.16. The average Bonchev–Trinajstić information content (AvgIpc) is 2.68. The van der Waals surface area contributed by atoms with Gasteiger partial charge < -0.3 is 0 Å². The van der Waals surface area contributed by atoms with Crippen LogP contribution in [0, 0.1) is 18.3 Å². The molecule has 0 saturated heterocycles. The summed E-state index contributed by atoms with van der Waals surface area (Å²) >= 11 is 1.75. The van der Waals surface area contributed by atoms with Crippen LogP contribution in [-0.4, -0.2) is 0 Å². The molecule has 0 amide bonds. The molecular weight excluding hydrogens is 214 g/mol. The molecule has 0 aliphatic carbocycles. The van der Waals surface area contributed by atoms with Gasteiger partial charge in [0.25, 0.3) is 0 Å². The van der Waals surface area contributed by atoms with Crippen molar-refractivity contribution in [2.75, 3.05) is 0 Å². The first-order valence-corrected chi connectivity index (χ1v) is 5.94. The lowest BCUT2D eigenvalue weighted by Gasteiger charge is -1.97. The molecule has 1 aromatic heterocycles. The minimum Gasteiger partial charge on any atom is -0.192 e. The van der Waals surface area contributed by atoms with E-state index in [1.165, 1.54) is 20.3 Å². The predicted octanol–water partition coefficient (Wildman–Crippen LogP) is 4.23. The first-order valence-electron chi connectivity index (χ1n) is 5.12. The van der Waals surface area contributed by atoms with Gasteiger partial charge in [0.2, 0.25) is 0 Å². The molecule has 0 bridgehead atoms. The number of benzene rings is 2. The quantitative estimate of drug-likeness (QED) is 0.559. The van der Waals surface area contributed by atoms with Gasteiger partial charge in [0.15, 0.2) is 0 Å². The second-order valence-corrected chi connectivity index (χ2v) is 4.92. The molecule has 0 saturated carbocycles. The van der Waals surface area contributed by atoms with Gasteiger partial charge >= 0.3 is 0 Å². The number of nitrogens with zero attached hydrogens (tertiary/aromatic N) is 1. The highest BCUT2D eigenvalue weighted by atomic mass is 32.1. The third-order valence-corrected chi connectivity index (χ3v) is 3.97. The van der Waals surface area contributed by atoms with Crippen molar-refractivity contribution in [1.29, 1.82) is 5.26 Å². The topological polar surface area (TPSA) is 23.8 Å². The minimum absolute atomic E-state index is 0.776. The molecule has 0 radical (unpaired) electrons. The average molecular weight is 223 g/mol. The fourth-order valence-corrected chi connectivity index (χ4v) is 3.34. The summed E-state index contributed by atoms with van der Waals surface area (Å²) in [5, 5.41) is 11.5. The maximum atomic E-state index is 9.16. The Morgan fingerprint density at radius 1 is 1.00 bits per heavy atom. The SMILES string of the molecule is Cc1cccc2sc3cccc(C#N)c3c12. The number of hydrogen-bond donors (Lipinski definition) is 0. The molecule has 16 heavy (non-hydrogen) atoms. The summed E-state index contributed by atoms with van der Waals surface area (Å²) in [4.78, 5) is 0. The standard InChI is InChI=1S/C14H9NS/c1-9-4-2-6-11-13(9)14-10(8-15)5-3-7-12(14)16-11/h2-7H,1H3. The Labute approximate surface area is 97.6 Å². The second-order valence-electron chi connectivity index (χ2n) is 3.84. The molecule has 3 rings (SSSR count). The van der Waals surface area contributed by atoms with Crippen molar-refractivity contribution >= 4 is 31.5 Å². The van der Waals surface area contributed by atoms with Crippen molar-refractivity contribution in [3.05, 3.63) is 47.5 Å². The Morgan fingerprint density at radius 3 is 2.44 bits per heavy atom. The van der Waals surface area contributed by atoms with Gasteiger partial charge in [-0.2, -0.15) is 5.26 Å². The summed E-state index contributed by atoms with van der Waals surface area (Å²) in [7, 11) is 0. The van der Waals surface area contributed by atoms with Gasteiger partial charge in [-0.1, -0.05) is 18.2 Å². The van der Waals surface area contributed by atoms with Crippen LogP contribution >= 0.6 is 11.3 Å². The molecule has 0 aliphatic rings. The lowest BCUT2D eigenvalue weighted by molar-refractivity contribution is 1.50. The van der Waals surface area contributed by atoms with Crippen molar-refractivity contribution in [2.45, 2.75) is 6.92 Å². The Morgan fingerprint density at radius 2 is 1.69 bits per heavy atom. The molecule has 3 aromatic rings. The summed E-state index contributed by atoms with van der Waals surface area (Å²) in [6.07, 6.45) is 0. The van der Waals surface area contributed by atoms with Gasteiger partial charge in [-0.25, -0.2) is 0 Å². The molecule has 0 aliphatic heterocycles. The van der Waals surface area contributed by atoms with E-state index in [2.05, 4.69) is 37.3 Å². The predicted molar refractivity (Wildman–Crippen MR) is 68.8 cm³/mol. The first kappa shape index (κ1) is 9.38. The highest BCUT2D eigenvalue weighted by molar-refractivity contribution is 7.25. The number of fused-ring (bicyclic) bond motifs is 3. The summed E-state index contributed by atoms with van der Waals surface area (Å²) < 4.78 is 2.46. The van der Waals surface area contributed by atoms with Gasteiger partial charge in [0, 0.05) is 20.2 Å². The highest BCUT2D eigenvalue weighted by Gasteiger charge is 2.10. The number of rotatable bonds is 0. The first-order chi connectivity index (χ1) is 7.81. The van der Waals surface area contributed by atoms with Gasteiger partial charge in [-0.05, 0) is 30.7 Å². The molecule has 1 nitrogen and oxygen atoms in total. The number of hydrogen-bond acceptors (Lipinski definition) is 2. The maximum absolute atomic E-state index is 9.16. The zero-order valence-electron chi connectivity index (χ0n) is 8.82. The maximum Gasteiger partial charge on any atom is 0.0998 e. The molecule has 1 heterocycles. The van der Waals surface area contributed by atoms with Crippen LogP contribution in [-0.2, 0) is 0 Å². The lowest BCUT2D eigenvalue weighted by Crippen LogP contribution is -1.78. The third-order valence-electron chi connectivity index (χ3n) is 2.85. The van der Waals surface area contributed by atoms with Crippen LogP contribution in [0.25, 0.3) is 20.2 Å². The normalized spacial score (nSPS) is 10.8. The Hall–Kier alpha value is -1.85. The van der Waals surface area contributed by atoms with Crippen molar-refractivity contribution in [3.8, 4) is 6.07 Å². The van der Waals surface area contributed by atoms with Gasteiger partial charge in [0.05, 0.1) is 11.6 Å². The Balaban J connectivity index is 2.67. The number of aryl methyl sites for hydroxylation is 1. The van der Waals surface area contributed by atoms with Gasteiger partial charge in [-0.3, -0.25) is 0 Å².